The molecular formula is C11H9Cl2N3O. The lowest BCUT2D eigenvalue weighted by Crippen LogP contribution is -1.98. The lowest BCUT2D eigenvalue weighted by Gasteiger charge is -2.04. The molecule has 0 saturated carbocycles. The van der Waals surface area contributed by atoms with Crippen LogP contribution in [0.25, 0.3) is 11.4 Å². The maximum atomic E-state index is 6.04. The number of nitrogens with zero attached hydrogens (tertiary/aromatic N) is 3. The minimum absolute atomic E-state index is 0.0866. The van der Waals surface area contributed by atoms with E-state index in [9.17, 15) is 0 Å². The van der Waals surface area contributed by atoms with E-state index in [1.807, 2.05) is 19.1 Å². The van der Waals surface area contributed by atoms with Gasteiger partial charge in [0.25, 0.3) is 0 Å². The number of hydrogen-bond acceptors (Lipinski definition) is 4. The summed E-state index contributed by atoms with van der Waals surface area (Å²) < 4.78 is 4.93. The van der Waals surface area contributed by atoms with Crippen molar-refractivity contribution in [3.05, 3.63) is 34.1 Å². The lowest BCUT2D eigenvalue weighted by atomic mass is 10.1. The molecule has 1 heterocycles. The molecule has 0 N–H and O–H groups in total. The monoisotopic (exact) mass is 269 g/mol. The van der Waals surface area contributed by atoms with E-state index in [1.165, 1.54) is 7.11 Å². The van der Waals surface area contributed by atoms with E-state index < -0.39 is 0 Å². The molecule has 0 bridgehead atoms. The summed E-state index contributed by atoms with van der Waals surface area (Å²) in [7, 11) is 1.47. The van der Waals surface area contributed by atoms with Crippen molar-refractivity contribution in [2.45, 2.75) is 6.92 Å². The molecule has 1 aromatic heterocycles. The SMILES string of the molecule is COc1nc(Cl)nc(-c2ccc(C)c(Cl)c2)n1. The number of aryl methyl sites for hydroxylation is 1. The molecule has 1 aromatic carbocycles. The molecular weight excluding hydrogens is 261 g/mol. The van der Waals surface area contributed by atoms with Crippen LogP contribution >= 0.6 is 23.2 Å². The molecule has 0 unspecified atom stereocenters. The summed E-state index contributed by atoms with van der Waals surface area (Å²) in [5.74, 6) is 0.434. The van der Waals surface area contributed by atoms with Gasteiger partial charge in [-0.3, -0.25) is 0 Å². The van der Waals surface area contributed by atoms with Gasteiger partial charge in [-0.1, -0.05) is 23.7 Å². The molecule has 0 saturated heterocycles. The Labute approximate surface area is 109 Å². The smallest absolute Gasteiger partial charge is 0.321 e. The molecule has 0 amide bonds. The van der Waals surface area contributed by atoms with Crippen molar-refractivity contribution in [2.75, 3.05) is 7.11 Å². The summed E-state index contributed by atoms with van der Waals surface area (Å²) in [5, 5.41) is 0.738. The van der Waals surface area contributed by atoms with Gasteiger partial charge in [-0.05, 0) is 30.2 Å². The predicted octanol–water partition coefficient (Wildman–Crippen LogP) is 3.16. The van der Waals surface area contributed by atoms with E-state index in [2.05, 4.69) is 15.0 Å². The summed E-state index contributed by atoms with van der Waals surface area (Å²) in [4.78, 5) is 11.9. The number of benzene rings is 1. The topological polar surface area (TPSA) is 47.9 Å². The molecule has 0 fully saturated rings. The number of methoxy groups -OCH3 is 1. The molecule has 0 aliphatic rings. The Balaban J connectivity index is 2.52. The third kappa shape index (κ3) is 2.65. The van der Waals surface area contributed by atoms with E-state index in [-0.39, 0.29) is 11.3 Å². The molecule has 0 radical (unpaired) electrons. The first-order valence-electron chi connectivity index (χ1n) is 4.82. The summed E-state index contributed by atoms with van der Waals surface area (Å²) >= 11 is 11.8. The van der Waals surface area contributed by atoms with Gasteiger partial charge < -0.3 is 4.74 Å². The van der Waals surface area contributed by atoms with Crippen molar-refractivity contribution in [3.63, 3.8) is 0 Å². The van der Waals surface area contributed by atoms with Crippen molar-refractivity contribution in [1.29, 1.82) is 0 Å². The van der Waals surface area contributed by atoms with Gasteiger partial charge >= 0.3 is 6.01 Å². The highest BCUT2D eigenvalue weighted by Gasteiger charge is 2.08. The number of aromatic nitrogens is 3. The molecule has 2 aromatic rings. The van der Waals surface area contributed by atoms with Gasteiger partial charge in [0.15, 0.2) is 5.82 Å². The van der Waals surface area contributed by atoms with Gasteiger partial charge in [-0.25, -0.2) is 0 Å². The second-order valence-electron chi connectivity index (χ2n) is 3.38. The van der Waals surface area contributed by atoms with Crippen LogP contribution in [0.4, 0.5) is 0 Å². The van der Waals surface area contributed by atoms with Crippen LogP contribution in [0.1, 0.15) is 5.56 Å². The minimum Gasteiger partial charge on any atom is -0.467 e. The fourth-order valence-corrected chi connectivity index (χ4v) is 1.62. The Bertz CT molecular complexity index is 560. The van der Waals surface area contributed by atoms with E-state index in [0.29, 0.717) is 10.8 Å². The maximum Gasteiger partial charge on any atom is 0.321 e. The number of hydrogen-bond donors (Lipinski definition) is 0. The van der Waals surface area contributed by atoms with E-state index in [0.717, 1.165) is 11.1 Å². The van der Waals surface area contributed by atoms with Crippen LogP contribution in [0.2, 0.25) is 10.3 Å². The predicted molar refractivity (Wildman–Crippen MR) is 66.6 cm³/mol. The zero-order chi connectivity index (χ0) is 12.4. The summed E-state index contributed by atoms with van der Waals surface area (Å²) in [6.45, 7) is 1.92. The Morgan fingerprint density at radius 3 is 2.53 bits per heavy atom. The molecule has 0 aliphatic heterocycles. The highest BCUT2D eigenvalue weighted by molar-refractivity contribution is 6.31. The third-order valence-corrected chi connectivity index (χ3v) is 2.78. The lowest BCUT2D eigenvalue weighted by molar-refractivity contribution is 0.379. The van der Waals surface area contributed by atoms with Crippen LogP contribution in [0, 0.1) is 6.92 Å². The first kappa shape index (κ1) is 12.1. The normalized spacial score (nSPS) is 10.4. The molecule has 0 atom stereocenters. The number of halogens is 2. The second kappa shape index (κ2) is 4.85. The Morgan fingerprint density at radius 1 is 1.12 bits per heavy atom. The Hall–Kier alpha value is -1.39. The highest BCUT2D eigenvalue weighted by atomic mass is 35.5. The summed E-state index contributed by atoms with van der Waals surface area (Å²) in [6.07, 6.45) is 0. The number of rotatable bonds is 2. The Kier molecular flexibility index (Phi) is 3.45. The summed E-state index contributed by atoms with van der Waals surface area (Å²) in [5.41, 5.74) is 1.76. The molecule has 4 nitrogen and oxygen atoms in total. The first-order valence-corrected chi connectivity index (χ1v) is 5.58. The molecule has 17 heavy (non-hydrogen) atoms. The zero-order valence-electron chi connectivity index (χ0n) is 9.24. The second-order valence-corrected chi connectivity index (χ2v) is 4.12. The quantitative estimate of drug-likeness (QED) is 0.840. The fourth-order valence-electron chi connectivity index (χ4n) is 1.28. The highest BCUT2D eigenvalue weighted by Crippen LogP contribution is 2.24. The average molecular weight is 270 g/mol. The van der Waals surface area contributed by atoms with E-state index in [1.54, 1.807) is 6.07 Å². The fraction of sp³-hybridized carbons (Fsp3) is 0.182. The largest absolute Gasteiger partial charge is 0.467 e. The van der Waals surface area contributed by atoms with Gasteiger partial charge in [-0.2, -0.15) is 15.0 Å². The van der Waals surface area contributed by atoms with Gasteiger partial charge in [0, 0.05) is 10.6 Å². The van der Waals surface area contributed by atoms with E-state index >= 15 is 0 Å². The molecule has 6 heteroatoms. The van der Waals surface area contributed by atoms with Crippen LogP contribution in [0.15, 0.2) is 18.2 Å². The van der Waals surface area contributed by atoms with Crippen LogP contribution in [0.5, 0.6) is 6.01 Å². The van der Waals surface area contributed by atoms with Crippen molar-refractivity contribution >= 4 is 23.2 Å². The number of ether oxygens (including phenoxy) is 1. The Morgan fingerprint density at radius 2 is 1.88 bits per heavy atom. The molecule has 88 valence electrons. The van der Waals surface area contributed by atoms with Crippen molar-refractivity contribution in [2.24, 2.45) is 0 Å². The van der Waals surface area contributed by atoms with Gasteiger partial charge in [-0.15, -0.1) is 0 Å². The maximum absolute atomic E-state index is 6.04. The van der Waals surface area contributed by atoms with Gasteiger partial charge in [0.05, 0.1) is 7.11 Å². The van der Waals surface area contributed by atoms with Crippen LogP contribution < -0.4 is 4.74 Å². The average Bonchev–Trinajstić information content (AvgIpc) is 2.32. The van der Waals surface area contributed by atoms with Gasteiger partial charge in [0.2, 0.25) is 5.28 Å². The molecule has 0 aliphatic carbocycles. The summed E-state index contributed by atoms with van der Waals surface area (Å²) in [6, 6.07) is 5.72. The standard InChI is InChI=1S/C11H9Cl2N3O/c1-6-3-4-7(5-8(6)12)9-14-10(13)16-11(15-9)17-2/h3-5H,1-2H3. The van der Waals surface area contributed by atoms with Crippen LogP contribution in [-0.4, -0.2) is 22.1 Å². The van der Waals surface area contributed by atoms with Crippen molar-refractivity contribution in [3.8, 4) is 17.4 Å². The molecule has 0 spiro atoms. The molecule has 2 rings (SSSR count). The van der Waals surface area contributed by atoms with Crippen LogP contribution in [-0.2, 0) is 0 Å². The van der Waals surface area contributed by atoms with Crippen molar-refractivity contribution in [1.82, 2.24) is 15.0 Å². The zero-order valence-corrected chi connectivity index (χ0v) is 10.7. The van der Waals surface area contributed by atoms with E-state index in [4.69, 9.17) is 27.9 Å². The third-order valence-electron chi connectivity index (χ3n) is 2.20. The van der Waals surface area contributed by atoms with Crippen molar-refractivity contribution < 1.29 is 4.74 Å². The first-order chi connectivity index (χ1) is 8.10. The minimum atomic E-state index is 0.0866. The van der Waals surface area contributed by atoms with Gasteiger partial charge in [0.1, 0.15) is 0 Å². The van der Waals surface area contributed by atoms with Crippen LogP contribution in [0.3, 0.4) is 0 Å².